The Bertz CT molecular complexity index is 2190. The number of likely N-dealkylation sites (N-methyl/N-ethyl adjacent to an activating group) is 1. The van der Waals surface area contributed by atoms with Gasteiger partial charge in [-0.1, -0.05) is 398 Å². The molecule has 0 radical (unpaired) electrons. The lowest BCUT2D eigenvalue weighted by Crippen LogP contribution is -2.37. The normalized spacial score (nSPS) is 13.7. The van der Waals surface area contributed by atoms with E-state index < -0.39 is 26.5 Å². The Morgan fingerprint density at radius 3 is 0.784 bits per heavy atom. The summed E-state index contributed by atoms with van der Waals surface area (Å²) in [6.45, 7) is 4.06. The van der Waals surface area contributed by atoms with Gasteiger partial charge in [0, 0.05) is 12.8 Å². The van der Waals surface area contributed by atoms with Crippen LogP contribution < -0.4 is 4.89 Å². The van der Waals surface area contributed by atoms with E-state index in [-0.39, 0.29) is 32.0 Å². The van der Waals surface area contributed by atoms with Crippen LogP contribution in [0.4, 0.5) is 0 Å². The van der Waals surface area contributed by atoms with Crippen molar-refractivity contribution in [3.8, 4) is 0 Å². The third-order valence-electron chi connectivity index (χ3n) is 18.7. The van der Waals surface area contributed by atoms with Crippen LogP contribution in [0.25, 0.3) is 0 Å². The van der Waals surface area contributed by atoms with Crippen molar-refractivity contribution in [2.75, 3.05) is 47.5 Å². The molecule has 10 heteroatoms. The first-order chi connectivity index (χ1) is 50.0. The molecule has 2 atom stereocenters. The summed E-state index contributed by atoms with van der Waals surface area (Å²) < 4.78 is 34.5. The second-order valence-corrected chi connectivity index (χ2v) is 31.2. The van der Waals surface area contributed by atoms with E-state index in [1.807, 2.05) is 21.1 Å². The Balaban J connectivity index is 3.91. The molecule has 0 aliphatic heterocycles. The molecule has 2 unspecified atom stereocenters. The highest BCUT2D eigenvalue weighted by molar-refractivity contribution is 7.45. The summed E-state index contributed by atoms with van der Waals surface area (Å²) in [4.78, 5) is 38.3. The van der Waals surface area contributed by atoms with Gasteiger partial charge in [-0.05, 0) is 109 Å². The van der Waals surface area contributed by atoms with Crippen molar-refractivity contribution < 1.29 is 42.1 Å². The molecule has 0 saturated carbocycles. The molecule has 0 rings (SSSR count). The standard InChI is InChI=1S/C92H162NO8P/c1-6-8-10-12-14-16-18-20-22-24-26-28-30-32-34-36-38-40-42-44-46-48-50-52-54-56-58-60-62-64-66-68-70-72-74-76-78-80-82-84-91(94)98-88-90(89-100-102(96,97)99-87-86-93(3,4)5)101-92(95)85-83-81-79-77-75-73-71-69-67-65-63-61-59-57-55-53-51-49-47-45-43-41-39-37-35-33-31-29-27-25-23-21-19-17-15-13-11-9-7-2/h8-11,14-17,20-23,26-29,33,35,39,41,45,47,90H,6-7,12-13,18-19,24-25,30-32,34,36-38,40,42-44,46,48-89H2,1-5H3/b10-8-,11-9-,16-14-,17-15-,22-20-,23-21-,28-26-,29-27-,35-33-,41-39-,47-45-. The number of carbonyl (C=O) groups is 2. The minimum atomic E-state index is -4.65. The van der Waals surface area contributed by atoms with Crippen LogP contribution in [0.5, 0.6) is 0 Å². The second-order valence-electron chi connectivity index (χ2n) is 29.8. The van der Waals surface area contributed by atoms with Crippen molar-refractivity contribution in [1.29, 1.82) is 0 Å². The van der Waals surface area contributed by atoms with E-state index in [0.717, 1.165) is 109 Å². The Hall–Kier alpha value is -3.85. The van der Waals surface area contributed by atoms with E-state index in [1.165, 1.54) is 244 Å². The van der Waals surface area contributed by atoms with Crippen molar-refractivity contribution in [3.63, 3.8) is 0 Å². The number of allylic oxidation sites excluding steroid dienone is 22. The summed E-state index contributed by atoms with van der Waals surface area (Å²) in [5.41, 5.74) is 0. The highest BCUT2D eigenvalue weighted by atomic mass is 31.2. The van der Waals surface area contributed by atoms with Gasteiger partial charge >= 0.3 is 11.9 Å². The van der Waals surface area contributed by atoms with Crippen LogP contribution in [-0.2, 0) is 32.7 Å². The predicted octanol–water partition coefficient (Wildman–Crippen LogP) is 28.4. The van der Waals surface area contributed by atoms with Crippen molar-refractivity contribution in [2.24, 2.45) is 0 Å². The van der Waals surface area contributed by atoms with Crippen LogP contribution in [-0.4, -0.2) is 70.0 Å². The number of rotatable bonds is 79. The Morgan fingerprint density at radius 2 is 0.529 bits per heavy atom. The summed E-state index contributed by atoms with van der Waals surface area (Å²) >= 11 is 0. The number of hydrogen-bond acceptors (Lipinski definition) is 8. The molecule has 0 N–H and O–H groups in total. The maximum absolute atomic E-state index is 12.9. The van der Waals surface area contributed by atoms with E-state index in [2.05, 4.69) is 148 Å². The molecule has 0 saturated heterocycles. The number of nitrogens with zero attached hydrogens (tertiary/aromatic N) is 1. The molecule has 0 bridgehead atoms. The number of hydrogen-bond donors (Lipinski definition) is 0. The zero-order valence-electron chi connectivity index (χ0n) is 67.3. The van der Waals surface area contributed by atoms with Gasteiger partial charge in [0.15, 0.2) is 6.10 Å². The predicted molar refractivity (Wildman–Crippen MR) is 443 cm³/mol. The average molecular weight is 1440 g/mol. The van der Waals surface area contributed by atoms with Gasteiger partial charge < -0.3 is 27.9 Å². The zero-order valence-corrected chi connectivity index (χ0v) is 68.2. The van der Waals surface area contributed by atoms with Crippen molar-refractivity contribution >= 4 is 19.8 Å². The molecule has 0 fully saturated rings. The van der Waals surface area contributed by atoms with Gasteiger partial charge in [0.25, 0.3) is 7.82 Å². The number of quaternary nitrogens is 1. The number of phosphoric acid groups is 1. The van der Waals surface area contributed by atoms with Gasteiger partial charge in [0.2, 0.25) is 0 Å². The maximum Gasteiger partial charge on any atom is 0.306 e. The molecule has 0 aromatic heterocycles. The van der Waals surface area contributed by atoms with Crippen LogP contribution in [0.15, 0.2) is 134 Å². The summed E-state index contributed by atoms with van der Waals surface area (Å²) in [6, 6.07) is 0. The number of unbranched alkanes of at least 4 members (excludes halogenated alkanes) is 43. The molecule has 0 amide bonds. The van der Waals surface area contributed by atoms with E-state index in [4.69, 9.17) is 18.5 Å². The Morgan fingerprint density at radius 1 is 0.304 bits per heavy atom. The Labute approximate surface area is 631 Å². The van der Waals surface area contributed by atoms with Crippen LogP contribution in [0.2, 0.25) is 0 Å². The van der Waals surface area contributed by atoms with Gasteiger partial charge in [-0.15, -0.1) is 0 Å². The Kier molecular flexibility index (Phi) is 78.2. The first kappa shape index (κ1) is 98.2. The monoisotopic (exact) mass is 1440 g/mol. The maximum atomic E-state index is 12.9. The van der Waals surface area contributed by atoms with Gasteiger partial charge in [-0.2, -0.15) is 0 Å². The average Bonchev–Trinajstić information content (AvgIpc) is 0.914. The zero-order chi connectivity index (χ0) is 74.0. The van der Waals surface area contributed by atoms with Crippen LogP contribution in [0, 0.1) is 0 Å². The molecule has 0 spiro atoms. The first-order valence-electron chi connectivity index (χ1n) is 42.9. The topological polar surface area (TPSA) is 111 Å². The second kappa shape index (κ2) is 81.2. The fraction of sp³-hybridized carbons (Fsp3) is 0.739. The molecule has 102 heavy (non-hydrogen) atoms. The number of ether oxygens (including phenoxy) is 2. The summed E-state index contributed by atoms with van der Waals surface area (Å²) in [7, 11) is 1.18. The fourth-order valence-corrected chi connectivity index (χ4v) is 13.0. The SMILES string of the molecule is CC/C=C\C/C=C\C/C=C\C/C=C\C/C=C\C/C=C\C/C=C\CCCCCCCCCCCCCCCCCCCC(=O)OC(COC(=O)CCCCCCCCCCCCCCCCCCCCCCCCCCCC/C=C\C/C=C\C/C=C\C/C=C\CC)COP(=O)([O-])OCC[N+](C)(C)C. The minimum absolute atomic E-state index is 0.0321. The quantitative estimate of drug-likeness (QED) is 0.0195. The molecular formula is C92H162NO8P. The number of esters is 2. The minimum Gasteiger partial charge on any atom is -0.756 e. The highest BCUT2D eigenvalue weighted by Gasteiger charge is 2.22. The van der Waals surface area contributed by atoms with Gasteiger partial charge in [-0.3, -0.25) is 14.2 Å². The molecule has 0 aromatic carbocycles. The van der Waals surface area contributed by atoms with Crippen molar-refractivity contribution in [1.82, 2.24) is 0 Å². The summed E-state index contributed by atoms with van der Waals surface area (Å²) in [6.07, 6.45) is 119. The van der Waals surface area contributed by atoms with Crippen molar-refractivity contribution in [2.45, 2.75) is 392 Å². The largest absolute Gasteiger partial charge is 0.756 e. The molecule has 0 aliphatic carbocycles. The molecule has 0 heterocycles. The lowest BCUT2D eigenvalue weighted by atomic mass is 10.0. The van der Waals surface area contributed by atoms with Crippen molar-refractivity contribution in [3.05, 3.63) is 134 Å². The first-order valence-corrected chi connectivity index (χ1v) is 44.4. The van der Waals surface area contributed by atoms with Gasteiger partial charge in [-0.25, -0.2) is 0 Å². The molecule has 0 aromatic rings. The third-order valence-corrected chi connectivity index (χ3v) is 19.6. The molecule has 9 nitrogen and oxygen atoms in total. The van der Waals surface area contributed by atoms with E-state index in [0.29, 0.717) is 17.4 Å². The van der Waals surface area contributed by atoms with E-state index in [1.54, 1.807) is 0 Å². The lowest BCUT2D eigenvalue weighted by Gasteiger charge is -2.28. The molecular weight excluding hydrogens is 1280 g/mol. The smallest absolute Gasteiger partial charge is 0.306 e. The molecule has 588 valence electrons. The number of carbonyl (C=O) groups excluding carboxylic acids is 2. The van der Waals surface area contributed by atoms with Crippen LogP contribution in [0.3, 0.4) is 0 Å². The molecule has 0 aliphatic rings. The number of phosphoric ester groups is 1. The fourth-order valence-electron chi connectivity index (χ4n) is 12.2. The summed E-state index contributed by atoms with van der Waals surface area (Å²) in [5.74, 6) is -0.818. The van der Waals surface area contributed by atoms with Crippen LogP contribution in [0.1, 0.15) is 386 Å². The highest BCUT2D eigenvalue weighted by Crippen LogP contribution is 2.38. The van der Waals surface area contributed by atoms with Crippen LogP contribution >= 0.6 is 7.82 Å². The van der Waals surface area contributed by atoms with E-state index in [9.17, 15) is 19.0 Å². The van der Waals surface area contributed by atoms with Gasteiger partial charge in [0.05, 0.1) is 27.7 Å². The van der Waals surface area contributed by atoms with Gasteiger partial charge in [0.1, 0.15) is 19.8 Å². The van der Waals surface area contributed by atoms with E-state index >= 15 is 0 Å². The third kappa shape index (κ3) is 85.1. The lowest BCUT2D eigenvalue weighted by molar-refractivity contribution is -0.870. The summed E-state index contributed by atoms with van der Waals surface area (Å²) in [5, 5.41) is 0.